The lowest BCUT2D eigenvalue weighted by molar-refractivity contribution is 0.171. The van der Waals surface area contributed by atoms with E-state index in [9.17, 15) is 0 Å². The van der Waals surface area contributed by atoms with Gasteiger partial charge in [0, 0.05) is 10.4 Å². The molecule has 17 heavy (non-hydrogen) atoms. The molecule has 1 aromatic carbocycles. The average molecular weight is 265 g/mol. The molecular formula is C12H11NO2S2. The summed E-state index contributed by atoms with van der Waals surface area (Å²) in [6, 6.07) is 5.96. The van der Waals surface area contributed by atoms with Crippen LogP contribution in [0.15, 0.2) is 18.2 Å². The number of benzene rings is 1. The van der Waals surface area contributed by atoms with Crippen LogP contribution in [0.2, 0.25) is 0 Å². The summed E-state index contributed by atoms with van der Waals surface area (Å²) in [6.07, 6.45) is 0. The van der Waals surface area contributed by atoms with Gasteiger partial charge >= 0.3 is 0 Å². The van der Waals surface area contributed by atoms with Crippen molar-refractivity contribution in [3.63, 3.8) is 0 Å². The third-order valence-electron chi connectivity index (χ3n) is 2.66. The predicted octanol–water partition coefficient (Wildman–Crippen LogP) is 3.55. The monoisotopic (exact) mass is 265 g/mol. The minimum absolute atomic E-state index is 0.606. The van der Waals surface area contributed by atoms with Crippen molar-refractivity contribution >= 4 is 23.6 Å². The Morgan fingerprint density at radius 2 is 2.00 bits per heavy atom. The van der Waals surface area contributed by atoms with Gasteiger partial charge in [0.1, 0.15) is 13.2 Å². The first-order valence-corrected chi connectivity index (χ1v) is 6.56. The Morgan fingerprint density at radius 1 is 1.24 bits per heavy atom. The maximum Gasteiger partial charge on any atom is 0.162 e. The normalized spacial score (nSPS) is 13.7. The number of H-pyrrole nitrogens is 1. The van der Waals surface area contributed by atoms with Crippen molar-refractivity contribution in [3.05, 3.63) is 27.0 Å². The topological polar surface area (TPSA) is 34.2 Å². The Bertz CT molecular complexity index is 615. The van der Waals surface area contributed by atoms with Gasteiger partial charge in [-0.1, -0.05) is 0 Å². The molecule has 0 aliphatic carbocycles. The molecule has 0 bridgehead atoms. The van der Waals surface area contributed by atoms with E-state index < -0.39 is 0 Å². The summed E-state index contributed by atoms with van der Waals surface area (Å²) in [7, 11) is 0. The summed E-state index contributed by atoms with van der Waals surface area (Å²) >= 11 is 6.74. The number of nitrogens with one attached hydrogen (secondary N) is 1. The first kappa shape index (κ1) is 10.8. The van der Waals surface area contributed by atoms with E-state index in [1.165, 1.54) is 4.88 Å². The number of hydrogen-bond acceptors (Lipinski definition) is 4. The summed E-state index contributed by atoms with van der Waals surface area (Å²) in [5.41, 5.74) is 2.15. The van der Waals surface area contributed by atoms with E-state index in [-0.39, 0.29) is 0 Å². The number of rotatable bonds is 1. The lowest BCUT2D eigenvalue weighted by atomic mass is 10.1. The van der Waals surface area contributed by atoms with Crippen LogP contribution in [0.4, 0.5) is 0 Å². The Balaban J connectivity index is 2.09. The van der Waals surface area contributed by atoms with Crippen molar-refractivity contribution in [1.29, 1.82) is 0 Å². The van der Waals surface area contributed by atoms with Crippen LogP contribution in [0.1, 0.15) is 4.88 Å². The first-order chi connectivity index (χ1) is 8.24. The number of thiazole rings is 1. The Labute approximate surface area is 108 Å². The van der Waals surface area contributed by atoms with E-state index >= 15 is 0 Å². The maximum atomic E-state index is 5.57. The van der Waals surface area contributed by atoms with Crippen molar-refractivity contribution in [2.45, 2.75) is 6.92 Å². The molecule has 0 unspecified atom stereocenters. The molecule has 1 N–H and O–H groups in total. The van der Waals surface area contributed by atoms with Crippen LogP contribution in [-0.4, -0.2) is 18.2 Å². The number of aromatic amines is 1. The summed E-state index contributed by atoms with van der Waals surface area (Å²) in [5.74, 6) is 1.62. The number of aryl methyl sites for hydroxylation is 1. The lowest BCUT2D eigenvalue weighted by Crippen LogP contribution is -2.15. The van der Waals surface area contributed by atoms with Crippen LogP contribution >= 0.6 is 23.6 Å². The fraction of sp³-hybridized carbons (Fsp3) is 0.250. The predicted molar refractivity (Wildman–Crippen MR) is 70.7 cm³/mol. The van der Waals surface area contributed by atoms with Gasteiger partial charge in [-0.2, -0.15) is 0 Å². The molecule has 0 saturated carbocycles. The van der Waals surface area contributed by atoms with Crippen LogP contribution in [0.5, 0.6) is 11.5 Å². The summed E-state index contributed by atoms with van der Waals surface area (Å²) in [5, 5.41) is 0. The van der Waals surface area contributed by atoms with Gasteiger partial charge in [-0.3, -0.25) is 0 Å². The largest absolute Gasteiger partial charge is 0.486 e. The second kappa shape index (κ2) is 4.16. The zero-order chi connectivity index (χ0) is 11.8. The second-order valence-electron chi connectivity index (χ2n) is 3.80. The quantitative estimate of drug-likeness (QED) is 0.801. The highest BCUT2D eigenvalue weighted by molar-refractivity contribution is 7.73. The fourth-order valence-corrected chi connectivity index (χ4v) is 3.06. The number of ether oxygens (including phenoxy) is 2. The SMILES string of the molecule is Cc1sc(=S)[nH]c1-c1ccc2c(c1)OCCO2. The molecule has 2 aromatic rings. The van der Waals surface area contributed by atoms with Gasteiger partial charge in [0.25, 0.3) is 0 Å². The average Bonchev–Trinajstić information content (AvgIpc) is 2.68. The molecule has 3 nitrogen and oxygen atoms in total. The third kappa shape index (κ3) is 1.96. The van der Waals surface area contributed by atoms with E-state index in [1.54, 1.807) is 11.3 Å². The lowest BCUT2D eigenvalue weighted by Gasteiger charge is -2.18. The van der Waals surface area contributed by atoms with E-state index in [4.69, 9.17) is 21.7 Å². The Morgan fingerprint density at radius 3 is 2.71 bits per heavy atom. The molecule has 0 amide bonds. The molecule has 5 heteroatoms. The van der Waals surface area contributed by atoms with E-state index in [1.807, 2.05) is 18.2 Å². The maximum absolute atomic E-state index is 5.57. The van der Waals surface area contributed by atoms with Crippen LogP contribution in [0.25, 0.3) is 11.3 Å². The molecule has 88 valence electrons. The molecule has 1 aliphatic heterocycles. The van der Waals surface area contributed by atoms with Gasteiger partial charge in [0.2, 0.25) is 0 Å². The standard InChI is InChI=1S/C12H11NO2S2/c1-7-11(13-12(16)17-7)8-2-3-9-10(6-8)15-5-4-14-9/h2-3,6H,4-5H2,1H3,(H,13,16). The zero-order valence-corrected chi connectivity index (χ0v) is 10.9. The number of fused-ring (bicyclic) bond motifs is 1. The molecular weight excluding hydrogens is 254 g/mol. The van der Waals surface area contributed by atoms with Crippen molar-refractivity contribution in [2.24, 2.45) is 0 Å². The highest BCUT2D eigenvalue weighted by Crippen LogP contribution is 2.35. The molecule has 0 saturated heterocycles. The van der Waals surface area contributed by atoms with E-state index in [2.05, 4.69) is 11.9 Å². The highest BCUT2D eigenvalue weighted by atomic mass is 32.1. The number of aromatic nitrogens is 1. The minimum Gasteiger partial charge on any atom is -0.486 e. The van der Waals surface area contributed by atoms with Crippen molar-refractivity contribution < 1.29 is 9.47 Å². The molecule has 0 atom stereocenters. The second-order valence-corrected chi connectivity index (χ2v) is 5.70. The van der Waals surface area contributed by atoms with Crippen LogP contribution in [0.3, 0.4) is 0 Å². The van der Waals surface area contributed by atoms with Gasteiger partial charge in [0.05, 0.1) is 5.69 Å². The van der Waals surface area contributed by atoms with Gasteiger partial charge in [-0.15, -0.1) is 11.3 Å². The van der Waals surface area contributed by atoms with Gasteiger partial charge in [0.15, 0.2) is 15.5 Å². The van der Waals surface area contributed by atoms with Crippen LogP contribution in [-0.2, 0) is 0 Å². The molecule has 0 spiro atoms. The molecule has 3 rings (SSSR count). The van der Waals surface area contributed by atoms with Crippen molar-refractivity contribution in [1.82, 2.24) is 4.98 Å². The first-order valence-electron chi connectivity index (χ1n) is 5.34. The van der Waals surface area contributed by atoms with Crippen molar-refractivity contribution in [2.75, 3.05) is 13.2 Å². The molecule has 1 aromatic heterocycles. The Hall–Kier alpha value is -1.33. The van der Waals surface area contributed by atoms with Gasteiger partial charge in [-0.05, 0) is 37.3 Å². The molecule has 0 radical (unpaired) electrons. The molecule has 2 heterocycles. The molecule has 1 aliphatic rings. The highest BCUT2D eigenvalue weighted by Gasteiger charge is 2.13. The summed E-state index contributed by atoms with van der Waals surface area (Å²) in [4.78, 5) is 4.39. The van der Waals surface area contributed by atoms with Crippen LogP contribution < -0.4 is 9.47 Å². The van der Waals surface area contributed by atoms with E-state index in [0.717, 1.165) is 26.7 Å². The zero-order valence-electron chi connectivity index (χ0n) is 9.28. The smallest absolute Gasteiger partial charge is 0.162 e. The number of hydrogen-bond donors (Lipinski definition) is 1. The Kier molecular flexibility index (Phi) is 2.64. The third-order valence-corrected chi connectivity index (χ3v) is 3.81. The van der Waals surface area contributed by atoms with Crippen molar-refractivity contribution in [3.8, 4) is 22.8 Å². The fourth-order valence-electron chi connectivity index (χ4n) is 1.88. The molecule has 0 fully saturated rings. The van der Waals surface area contributed by atoms with Gasteiger partial charge < -0.3 is 14.5 Å². The summed E-state index contributed by atoms with van der Waals surface area (Å²) in [6.45, 7) is 3.28. The van der Waals surface area contributed by atoms with E-state index in [0.29, 0.717) is 13.2 Å². The minimum atomic E-state index is 0.606. The van der Waals surface area contributed by atoms with Gasteiger partial charge in [-0.25, -0.2) is 0 Å². The van der Waals surface area contributed by atoms with Crippen LogP contribution in [0, 0.1) is 10.9 Å². The summed E-state index contributed by atoms with van der Waals surface area (Å²) < 4.78 is 11.9.